The Morgan fingerprint density at radius 2 is 1.72 bits per heavy atom. The highest BCUT2D eigenvalue weighted by Gasteiger charge is 2.08. The van der Waals surface area contributed by atoms with Gasteiger partial charge in [-0.2, -0.15) is 0 Å². The highest BCUT2D eigenvalue weighted by molar-refractivity contribution is 5.94. The molecule has 0 unspecified atom stereocenters. The largest absolute Gasteiger partial charge is 0.356 e. The number of carbonyl (C=O) groups excluding carboxylic acids is 1. The Morgan fingerprint density at radius 3 is 2.41 bits per heavy atom. The van der Waals surface area contributed by atoms with Crippen molar-refractivity contribution in [1.82, 2.24) is 15.5 Å². The van der Waals surface area contributed by atoms with E-state index in [-0.39, 0.29) is 5.91 Å². The lowest BCUT2D eigenvalue weighted by molar-refractivity contribution is 0.0827. The quantitative estimate of drug-likeness (QED) is 0.387. The summed E-state index contributed by atoms with van der Waals surface area (Å²) in [7, 11) is 3.55. The van der Waals surface area contributed by atoms with E-state index < -0.39 is 0 Å². The van der Waals surface area contributed by atoms with Gasteiger partial charge in [-0.3, -0.25) is 4.79 Å². The van der Waals surface area contributed by atoms with E-state index in [9.17, 15) is 4.79 Å². The lowest BCUT2D eigenvalue weighted by atomic mass is 10.1. The van der Waals surface area contributed by atoms with Gasteiger partial charge in [0.05, 0.1) is 6.54 Å². The normalized spacial score (nSPS) is 11.2. The number of carbonyl (C=O) groups is 1. The number of benzene rings is 2. The Morgan fingerprint density at radius 1 is 1.00 bits per heavy atom. The van der Waals surface area contributed by atoms with Crippen LogP contribution in [0.25, 0.3) is 0 Å². The van der Waals surface area contributed by atoms with Crippen molar-refractivity contribution in [3.05, 3.63) is 70.8 Å². The zero-order valence-electron chi connectivity index (χ0n) is 18.2. The van der Waals surface area contributed by atoms with Gasteiger partial charge in [0.2, 0.25) is 0 Å². The minimum absolute atomic E-state index is 0.0291. The van der Waals surface area contributed by atoms with Crippen molar-refractivity contribution < 1.29 is 4.79 Å². The predicted molar refractivity (Wildman–Crippen MR) is 121 cm³/mol. The summed E-state index contributed by atoms with van der Waals surface area (Å²) >= 11 is 0. The average molecular weight is 395 g/mol. The second-order valence-corrected chi connectivity index (χ2v) is 7.51. The summed E-state index contributed by atoms with van der Waals surface area (Å²) in [5, 5.41) is 6.83. The van der Waals surface area contributed by atoms with Gasteiger partial charge < -0.3 is 15.5 Å². The van der Waals surface area contributed by atoms with Crippen LogP contribution in [0.4, 0.5) is 0 Å². The molecule has 5 nitrogen and oxygen atoms in total. The zero-order chi connectivity index (χ0) is 21.1. The summed E-state index contributed by atoms with van der Waals surface area (Å²) < 4.78 is 0. The van der Waals surface area contributed by atoms with Gasteiger partial charge in [0.1, 0.15) is 0 Å². The van der Waals surface area contributed by atoms with E-state index in [4.69, 9.17) is 4.99 Å². The second kappa shape index (κ2) is 11.9. The minimum atomic E-state index is 0.0291. The van der Waals surface area contributed by atoms with Crippen LogP contribution in [0.2, 0.25) is 0 Å². The third-order valence-electron chi connectivity index (χ3n) is 4.65. The number of aryl methyl sites for hydroxylation is 1. The first-order chi connectivity index (χ1) is 14.0. The molecule has 2 N–H and O–H groups in total. The van der Waals surface area contributed by atoms with E-state index in [0.29, 0.717) is 6.54 Å². The van der Waals surface area contributed by atoms with Gasteiger partial charge in [0.25, 0.3) is 5.91 Å². The maximum absolute atomic E-state index is 12.1. The number of unbranched alkanes of at least 4 members (excludes halogenated alkanes) is 1. The smallest absolute Gasteiger partial charge is 0.253 e. The van der Waals surface area contributed by atoms with Crippen molar-refractivity contribution in [3.8, 4) is 0 Å². The molecule has 0 aliphatic carbocycles. The molecule has 0 heterocycles. The van der Waals surface area contributed by atoms with Gasteiger partial charge in [-0.05, 0) is 43.0 Å². The number of guanidine groups is 1. The fourth-order valence-corrected chi connectivity index (χ4v) is 2.87. The molecule has 0 radical (unpaired) electrons. The summed E-state index contributed by atoms with van der Waals surface area (Å²) in [6.45, 7) is 6.58. The topological polar surface area (TPSA) is 56.7 Å². The molecule has 29 heavy (non-hydrogen) atoms. The Bertz CT molecular complexity index is 797. The average Bonchev–Trinajstić information content (AvgIpc) is 2.72. The molecule has 2 aromatic carbocycles. The Balaban J connectivity index is 1.94. The third-order valence-corrected chi connectivity index (χ3v) is 4.65. The number of rotatable bonds is 9. The van der Waals surface area contributed by atoms with Crippen LogP contribution in [-0.4, -0.2) is 44.0 Å². The molecule has 0 bridgehead atoms. The van der Waals surface area contributed by atoms with Crippen LogP contribution in [0.1, 0.15) is 46.8 Å². The fraction of sp³-hybridized carbons (Fsp3) is 0.417. The van der Waals surface area contributed by atoms with Crippen molar-refractivity contribution in [2.75, 3.05) is 27.2 Å². The molecule has 2 aromatic rings. The fourth-order valence-electron chi connectivity index (χ4n) is 2.87. The molecular formula is C24H34N4O. The molecule has 0 saturated heterocycles. The van der Waals surface area contributed by atoms with Gasteiger partial charge in [0, 0.05) is 32.7 Å². The van der Waals surface area contributed by atoms with Crippen molar-refractivity contribution in [2.24, 2.45) is 4.99 Å². The summed E-state index contributed by atoms with van der Waals surface area (Å²) in [6, 6.07) is 16.3. The first-order valence-electron chi connectivity index (χ1n) is 10.4. The minimum Gasteiger partial charge on any atom is -0.356 e. The SMILES string of the molecule is CCCCNC(=NCc1ccc(C)cc1)NCCc1cccc(C(=O)N(C)C)c1. The molecular weight excluding hydrogens is 360 g/mol. The summed E-state index contributed by atoms with van der Waals surface area (Å²) in [5.41, 5.74) is 4.31. The highest BCUT2D eigenvalue weighted by atomic mass is 16.2. The number of hydrogen-bond acceptors (Lipinski definition) is 2. The summed E-state index contributed by atoms with van der Waals surface area (Å²) in [5.74, 6) is 0.862. The lowest BCUT2D eigenvalue weighted by Crippen LogP contribution is -2.39. The molecule has 5 heteroatoms. The first-order valence-corrected chi connectivity index (χ1v) is 10.4. The van der Waals surface area contributed by atoms with Crippen LogP contribution in [0.15, 0.2) is 53.5 Å². The van der Waals surface area contributed by atoms with E-state index >= 15 is 0 Å². The number of nitrogens with zero attached hydrogens (tertiary/aromatic N) is 2. The summed E-state index contributed by atoms with van der Waals surface area (Å²) in [6.07, 6.45) is 3.08. The van der Waals surface area contributed by atoms with E-state index in [1.54, 1.807) is 19.0 Å². The van der Waals surface area contributed by atoms with Crippen molar-refractivity contribution in [3.63, 3.8) is 0 Å². The Labute approximate surface area is 175 Å². The maximum atomic E-state index is 12.1. The van der Waals surface area contributed by atoms with Crippen LogP contribution in [-0.2, 0) is 13.0 Å². The molecule has 0 aliphatic heterocycles. The zero-order valence-corrected chi connectivity index (χ0v) is 18.2. The van der Waals surface area contributed by atoms with Gasteiger partial charge in [0.15, 0.2) is 5.96 Å². The molecule has 0 spiro atoms. The van der Waals surface area contributed by atoms with Crippen LogP contribution in [0.5, 0.6) is 0 Å². The van der Waals surface area contributed by atoms with Crippen molar-refractivity contribution >= 4 is 11.9 Å². The lowest BCUT2D eigenvalue weighted by Gasteiger charge is -2.14. The standard InChI is InChI=1S/C24H34N4O/c1-5-6-15-25-24(27-18-21-12-10-19(2)11-13-21)26-16-14-20-8-7-9-22(17-20)23(29)28(3)4/h7-13,17H,5-6,14-16,18H2,1-4H3,(H2,25,26,27). The monoisotopic (exact) mass is 394 g/mol. The molecule has 0 aliphatic rings. The summed E-state index contributed by atoms with van der Waals surface area (Å²) in [4.78, 5) is 18.5. The molecule has 2 rings (SSSR count). The van der Waals surface area contributed by atoms with E-state index in [1.807, 2.05) is 18.2 Å². The first kappa shape index (κ1) is 22.5. The van der Waals surface area contributed by atoms with E-state index in [2.05, 4.69) is 54.8 Å². The molecule has 156 valence electrons. The molecule has 0 fully saturated rings. The maximum Gasteiger partial charge on any atom is 0.253 e. The van der Waals surface area contributed by atoms with Crippen LogP contribution in [0, 0.1) is 6.92 Å². The second-order valence-electron chi connectivity index (χ2n) is 7.51. The van der Waals surface area contributed by atoms with Crippen LogP contribution in [0.3, 0.4) is 0 Å². The highest BCUT2D eigenvalue weighted by Crippen LogP contribution is 2.08. The third kappa shape index (κ3) is 7.98. The number of amides is 1. The molecule has 0 saturated carbocycles. The molecule has 1 amide bonds. The molecule has 0 aromatic heterocycles. The van der Waals surface area contributed by atoms with Crippen LogP contribution >= 0.6 is 0 Å². The van der Waals surface area contributed by atoms with Gasteiger partial charge in [-0.15, -0.1) is 0 Å². The van der Waals surface area contributed by atoms with Crippen molar-refractivity contribution in [2.45, 2.75) is 39.7 Å². The van der Waals surface area contributed by atoms with Gasteiger partial charge in [-0.1, -0.05) is 55.3 Å². The van der Waals surface area contributed by atoms with Gasteiger partial charge >= 0.3 is 0 Å². The van der Waals surface area contributed by atoms with E-state index in [1.165, 1.54) is 11.1 Å². The number of hydrogen-bond donors (Lipinski definition) is 2. The molecule has 0 atom stereocenters. The van der Waals surface area contributed by atoms with Crippen LogP contribution < -0.4 is 10.6 Å². The predicted octanol–water partition coefficient (Wildman–Crippen LogP) is 3.77. The Hall–Kier alpha value is -2.82. The Kier molecular flexibility index (Phi) is 9.22. The van der Waals surface area contributed by atoms with Crippen molar-refractivity contribution in [1.29, 1.82) is 0 Å². The van der Waals surface area contributed by atoms with E-state index in [0.717, 1.165) is 49.4 Å². The number of nitrogens with one attached hydrogen (secondary N) is 2. The van der Waals surface area contributed by atoms with Gasteiger partial charge in [-0.25, -0.2) is 4.99 Å². The number of aliphatic imine (C=N–C) groups is 1.